The van der Waals surface area contributed by atoms with Crippen molar-refractivity contribution < 1.29 is 14.2 Å². The number of nitrogens with zero attached hydrogens (tertiary/aromatic N) is 2. The monoisotopic (exact) mass is 312 g/mol. The molecule has 0 spiro atoms. The van der Waals surface area contributed by atoms with Crippen LogP contribution in [0.15, 0.2) is 29.7 Å². The first-order chi connectivity index (χ1) is 11.1. The molecule has 7 heteroatoms. The summed E-state index contributed by atoms with van der Waals surface area (Å²) in [6.45, 7) is 1.87. The van der Waals surface area contributed by atoms with E-state index >= 15 is 0 Å². The third-order valence-corrected chi connectivity index (χ3v) is 3.88. The summed E-state index contributed by atoms with van der Waals surface area (Å²) < 4.78 is 16.2. The van der Waals surface area contributed by atoms with Crippen LogP contribution in [0.5, 0.6) is 17.4 Å². The predicted molar refractivity (Wildman–Crippen MR) is 82.2 cm³/mol. The minimum atomic E-state index is -0.414. The van der Waals surface area contributed by atoms with E-state index in [1.165, 1.54) is 0 Å². The SMILES string of the molecule is COc1ccc([C@@H]2C(C#N)=C(N)Oc3n[nH]c(C)c32)c(OC)c1. The van der Waals surface area contributed by atoms with E-state index in [1.807, 2.05) is 19.1 Å². The average Bonchev–Trinajstić information content (AvgIpc) is 2.93. The standard InChI is InChI=1S/C16H16N4O3/c1-8-13-14(10-5-4-9(21-2)6-12(10)22-3)11(7-17)15(18)23-16(13)20-19-8/h4-6,14H,18H2,1-3H3,(H,19,20)/t14-/m1/s1. The maximum atomic E-state index is 9.55. The molecule has 7 nitrogen and oxygen atoms in total. The van der Waals surface area contributed by atoms with Crippen LogP contribution in [0.1, 0.15) is 22.7 Å². The van der Waals surface area contributed by atoms with Crippen molar-refractivity contribution in [2.45, 2.75) is 12.8 Å². The molecule has 0 saturated carbocycles. The summed E-state index contributed by atoms with van der Waals surface area (Å²) in [6, 6.07) is 7.58. The number of nitrogens with one attached hydrogen (secondary N) is 1. The second-order valence-corrected chi connectivity index (χ2v) is 5.10. The van der Waals surface area contributed by atoms with E-state index in [9.17, 15) is 5.26 Å². The van der Waals surface area contributed by atoms with Gasteiger partial charge in [0.1, 0.15) is 23.1 Å². The van der Waals surface area contributed by atoms with Crippen LogP contribution in [-0.2, 0) is 0 Å². The summed E-state index contributed by atoms with van der Waals surface area (Å²) in [5.74, 6) is 1.28. The van der Waals surface area contributed by atoms with Crippen LogP contribution in [0, 0.1) is 18.3 Å². The van der Waals surface area contributed by atoms with Crippen molar-refractivity contribution in [1.82, 2.24) is 10.2 Å². The number of ether oxygens (including phenoxy) is 3. The summed E-state index contributed by atoms with van der Waals surface area (Å²) in [5.41, 5.74) is 8.61. The predicted octanol–water partition coefficient (Wildman–Crippen LogP) is 1.95. The Labute approximate surface area is 133 Å². The van der Waals surface area contributed by atoms with E-state index in [-0.39, 0.29) is 5.88 Å². The van der Waals surface area contributed by atoms with E-state index in [2.05, 4.69) is 16.3 Å². The second kappa shape index (κ2) is 5.57. The Kier molecular flexibility index (Phi) is 3.58. The molecule has 3 N–H and O–H groups in total. The van der Waals surface area contributed by atoms with Gasteiger partial charge in [-0.2, -0.15) is 5.26 Å². The molecule has 0 fully saturated rings. The zero-order valence-electron chi connectivity index (χ0n) is 13.0. The van der Waals surface area contributed by atoms with Gasteiger partial charge in [-0.25, -0.2) is 0 Å². The van der Waals surface area contributed by atoms with Crippen molar-refractivity contribution in [2.75, 3.05) is 14.2 Å². The topological polar surface area (TPSA) is 106 Å². The van der Waals surface area contributed by atoms with Gasteiger partial charge < -0.3 is 19.9 Å². The quantitative estimate of drug-likeness (QED) is 0.897. The number of aromatic nitrogens is 2. The molecule has 0 bridgehead atoms. The molecule has 1 aromatic heterocycles. The van der Waals surface area contributed by atoms with E-state index in [4.69, 9.17) is 19.9 Å². The van der Waals surface area contributed by atoms with Gasteiger partial charge in [0.25, 0.3) is 0 Å². The zero-order chi connectivity index (χ0) is 16.6. The van der Waals surface area contributed by atoms with E-state index in [0.29, 0.717) is 23.0 Å². The number of aromatic amines is 1. The molecule has 0 amide bonds. The van der Waals surface area contributed by atoms with Crippen LogP contribution in [0.2, 0.25) is 0 Å². The number of rotatable bonds is 3. The number of hydrogen-bond donors (Lipinski definition) is 2. The van der Waals surface area contributed by atoms with Gasteiger partial charge in [0, 0.05) is 22.9 Å². The first kappa shape index (κ1) is 14.8. The fourth-order valence-corrected chi connectivity index (χ4v) is 2.77. The Morgan fingerprint density at radius 1 is 1.35 bits per heavy atom. The molecular weight excluding hydrogens is 296 g/mol. The Balaban J connectivity index is 2.25. The molecule has 0 saturated heterocycles. The highest BCUT2D eigenvalue weighted by molar-refractivity contribution is 5.58. The highest BCUT2D eigenvalue weighted by Gasteiger charge is 2.35. The normalized spacial score (nSPS) is 16.3. The summed E-state index contributed by atoms with van der Waals surface area (Å²) in [5, 5.41) is 16.5. The van der Waals surface area contributed by atoms with Crippen molar-refractivity contribution in [2.24, 2.45) is 5.73 Å². The number of hydrogen-bond acceptors (Lipinski definition) is 6. The minimum absolute atomic E-state index is 0.0503. The fraction of sp³-hybridized carbons (Fsp3) is 0.250. The zero-order valence-corrected chi connectivity index (χ0v) is 13.0. The molecule has 2 aromatic rings. The van der Waals surface area contributed by atoms with Crippen LogP contribution in [0.25, 0.3) is 0 Å². The lowest BCUT2D eigenvalue weighted by Gasteiger charge is -2.25. The maximum absolute atomic E-state index is 9.55. The highest BCUT2D eigenvalue weighted by atomic mass is 16.5. The van der Waals surface area contributed by atoms with E-state index in [0.717, 1.165) is 16.8 Å². The van der Waals surface area contributed by atoms with E-state index in [1.54, 1.807) is 20.3 Å². The summed E-state index contributed by atoms with van der Waals surface area (Å²) in [6.07, 6.45) is 0. The van der Waals surface area contributed by atoms with Gasteiger partial charge in [0.2, 0.25) is 11.8 Å². The van der Waals surface area contributed by atoms with Crippen LogP contribution < -0.4 is 19.9 Å². The van der Waals surface area contributed by atoms with Crippen molar-refractivity contribution in [1.29, 1.82) is 5.26 Å². The highest BCUT2D eigenvalue weighted by Crippen LogP contribution is 2.45. The summed E-state index contributed by atoms with van der Waals surface area (Å²) in [4.78, 5) is 0. The summed E-state index contributed by atoms with van der Waals surface area (Å²) >= 11 is 0. The molecular formula is C16H16N4O3. The summed E-state index contributed by atoms with van der Waals surface area (Å²) in [7, 11) is 3.15. The molecule has 1 aromatic carbocycles. The number of nitriles is 1. The first-order valence-corrected chi connectivity index (χ1v) is 6.95. The van der Waals surface area contributed by atoms with Crippen molar-refractivity contribution in [3.05, 3.63) is 46.5 Å². The number of nitrogens with two attached hydrogens (primary N) is 1. The molecule has 0 radical (unpaired) electrons. The number of fused-ring (bicyclic) bond motifs is 1. The van der Waals surface area contributed by atoms with Crippen LogP contribution >= 0.6 is 0 Å². The lowest BCUT2D eigenvalue weighted by Crippen LogP contribution is -2.21. The van der Waals surface area contributed by atoms with Crippen molar-refractivity contribution in [3.8, 4) is 23.4 Å². The fourth-order valence-electron chi connectivity index (χ4n) is 2.77. The van der Waals surface area contributed by atoms with Gasteiger partial charge in [-0.15, -0.1) is 5.10 Å². The number of methoxy groups -OCH3 is 2. The van der Waals surface area contributed by atoms with Gasteiger partial charge in [-0.1, -0.05) is 6.07 Å². The lowest BCUT2D eigenvalue weighted by atomic mass is 9.83. The Bertz CT molecular complexity index is 832. The molecule has 1 aliphatic heterocycles. The molecule has 0 aliphatic carbocycles. The molecule has 2 heterocycles. The van der Waals surface area contributed by atoms with Gasteiger partial charge >= 0.3 is 0 Å². The molecule has 23 heavy (non-hydrogen) atoms. The largest absolute Gasteiger partial charge is 0.497 e. The second-order valence-electron chi connectivity index (χ2n) is 5.10. The van der Waals surface area contributed by atoms with Gasteiger partial charge in [0.15, 0.2) is 0 Å². The van der Waals surface area contributed by atoms with E-state index < -0.39 is 5.92 Å². The number of allylic oxidation sites excluding steroid dienone is 1. The first-order valence-electron chi connectivity index (χ1n) is 6.95. The Morgan fingerprint density at radius 3 is 2.78 bits per heavy atom. The van der Waals surface area contributed by atoms with Gasteiger partial charge in [-0.3, -0.25) is 5.10 Å². The van der Waals surface area contributed by atoms with Crippen molar-refractivity contribution >= 4 is 0 Å². The Hall–Kier alpha value is -3.14. The molecule has 1 aliphatic rings. The number of benzene rings is 1. The molecule has 3 rings (SSSR count). The molecule has 1 atom stereocenters. The van der Waals surface area contributed by atoms with Crippen LogP contribution in [0.4, 0.5) is 0 Å². The minimum Gasteiger partial charge on any atom is -0.497 e. The van der Waals surface area contributed by atoms with Crippen molar-refractivity contribution in [3.63, 3.8) is 0 Å². The van der Waals surface area contributed by atoms with Gasteiger partial charge in [-0.05, 0) is 13.0 Å². The smallest absolute Gasteiger partial charge is 0.244 e. The Morgan fingerprint density at radius 2 is 2.13 bits per heavy atom. The third-order valence-electron chi connectivity index (χ3n) is 3.88. The molecule has 0 unspecified atom stereocenters. The molecule has 118 valence electrons. The van der Waals surface area contributed by atoms with Gasteiger partial charge in [0.05, 0.1) is 20.1 Å². The average molecular weight is 312 g/mol. The lowest BCUT2D eigenvalue weighted by molar-refractivity contribution is 0.373. The number of aryl methyl sites for hydroxylation is 1. The number of H-pyrrole nitrogens is 1. The maximum Gasteiger partial charge on any atom is 0.244 e. The third kappa shape index (κ3) is 2.25. The van der Waals surface area contributed by atoms with Crippen LogP contribution in [0.3, 0.4) is 0 Å². The van der Waals surface area contributed by atoms with Crippen LogP contribution in [-0.4, -0.2) is 24.4 Å².